The van der Waals surface area contributed by atoms with E-state index < -0.39 is 17.6 Å². The Labute approximate surface area is 150 Å². The van der Waals surface area contributed by atoms with Crippen LogP contribution in [0.15, 0.2) is 42.6 Å². The molecule has 1 aliphatic rings. The number of rotatable bonds is 3. The van der Waals surface area contributed by atoms with Crippen molar-refractivity contribution in [2.24, 2.45) is 5.92 Å². The van der Waals surface area contributed by atoms with Crippen molar-refractivity contribution >= 4 is 17.4 Å². The Bertz CT molecular complexity index is 784. The molecule has 138 valence electrons. The van der Waals surface area contributed by atoms with E-state index in [2.05, 4.69) is 22.1 Å². The zero-order valence-electron chi connectivity index (χ0n) is 14.4. The van der Waals surface area contributed by atoms with E-state index >= 15 is 0 Å². The molecular formula is C19H20F3N3O. The summed E-state index contributed by atoms with van der Waals surface area (Å²) in [5.74, 6) is 0.936. The van der Waals surface area contributed by atoms with Gasteiger partial charge in [0.15, 0.2) is 0 Å². The highest BCUT2D eigenvalue weighted by Crippen LogP contribution is 2.30. The Kier molecular flexibility index (Phi) is 5.15. The number of hydrogen-bond donors (Lipinski definition) is 1. The summed E-state index contributed by atoms with van der Waals surface area (Å²) in [4.78, 5) is 18.9. The maximum absolute atomic E-state index is 12.8. The number of carbonyl (C=O) groups excluding carboxylic acids is 1. The van der Waals surface area contributed by atoms with Crippen molar-refractivity contribution < 1.29 is 18.0 Å². The number of piperidine rings is 1. The molecule has 0 bridgehead atoms. The summed E-state index contributed by atoms with van der Waals surface area (Å²) in [5.41, 5.74) is -0.325. The smallest absolute Gasteiger partial charge is 0.357 e. The first-order chi connectivity index (χ1) is 12.3. The van der Waals surface area contributed by atoms with E-state index in [-0.39, 0.29) is 5.69 Å². The number of carbonyl (C=O) groups is 1. The van der Waals surface area contributed by atoms with Gasteiger partial charge in [-0.25, -0.2) is 4.98 Å². The fraction of sp³-hybridized carbons (Fsp3) is 0.368. The summed E-state index contributed by atoms with van der Waals surface area (Å²) in [7, 11) is 0. The predicted octanol–water partition coefficient (Wildman–Crippen LogP) is 4.59. The van der Waals surface area contributed by atoms with Gasteiger partial charge in [0.25, 0.3) is 5.91 Å². The van der Waals surface area contributed by atoms with Gasteiger partial charge in [-0.3, -0.25) is 4.79 Å². The molecule has 0 unspecified atom stereocenters. The SMILES string of the molecule is CC1CCN(c2cc(C(=O)Nc3cccc(C(F)(F)F)c3)ccn2)CC1. The summed E-state index contributed by atoms with van der Waals surface area (Å²) in [6, 6.07) is 7.83. The minimum atomic E-state index is -4.45. The summed E-state index contributed by atoms with van der Waals surface area (Å²) < 4.78 is 38.4. The van der Waals surface area contributed by atoms with E-state index in [1.165, 1.54) is 12.1 Å². The van der Waals surface area contributed by atoms with Crippen LogP contribution in [-0.2, 0) is 6.18 Å². The average Bonchev–Trinajstić information content (AvgIpc) is 2.62. The topological polar surface area (TPSA) is 45.2 Å². The molecule has 1 aromatic carbocycles. The van der Waals surface area contributed by atoms with Crippen LogP contribution in [0.1, 0.15) is 35.7 Å². The molecule has 7 heteroatoms. The van der Waals surface area contributed by atoms with Gasteiger partial charge in [0.1, 0.15) is 5.82 Å². The molecule has 1 aliphatic heterocycles. The lowest BCUT2D eigenvalue weighted by molar-refractivity contribution is -0.137. The number of benzene rings is 1. The van der Waals surface area contributed by atoms with E-state index in [4.69, 9.17) is 0 Å². The second-order valence-corrected chi connectivity index (χ2v) is 6.60. The van der Waals surface area contributed by atoms with Crippen LogP contribution in [0.25, 0.3) is 0 Å². The number of anilines is 2. The lowest BCUT2D eigenvalue weighted by atomic mass is 9.99. The third-order valence-electron chi connectivity index (χ3n) is 4.56. The molecule has 1 fully saturated rings. The molecule has 3 rings (SSSR count). The zero-order valence-corrected chi connectivity index (χ0v) is 14.4. The average molecular weight is 363 g/mol. The summed E-state index contributed by atoms with van der Waals surface area (Å²) >= 11 is 0. The molecule has 4 nitrogen and oxygen atoms in total. The fourth-order valence-electron chi connectivity index (χ4n) is 2.95. The minimum Gasteiger partial charge on any atom is -0.357 e. The van der Waals surface area contributed by atoms with Gasteiger partial charge in [0, 0.05) is 30.5 Å². The number of pyridine rings is 1. The van der Waals surface area contributed by atoms with Gasteiger partial charge in [0.2, 0.25) is 0 Å². The van der Waals surface area contributed by atoms with Gasteiger partial charge >= 0.3 is 6.18 Å². The fourth-order valence-corrected chi connectivity index (χ4v) is 2.95. The first-order valence-corrected chi connectivity index (χ1v) is 8.52. The molecule has 0 saturated carbocycles. The van der Waals surface area contributed by atoms with Crippen LogP contribution in [0.2, 0.25) is 0 Å². The van der Waals surface area contributed by atoms with Crippen LogP contribution in [-0.4, -0.2) is 24.0 Å². The summed E-state index contributed by atoms with van der Waals surface area (Å²) in [5, 5.41) is 2.52. The monoisotopic (exact) mass is 363 g/mol. The highest BCUT2D eigenvalue weighted by Gasteiger charge is 2.30. The van der Waals surface area contributed by atoms with Crippen molar-refractivity contribution in [2.45, 2.75) is 25.9 Å². The van der Waals surface area contributed by atoms with Crippen LogP contribution in [0.5, 0.6) is 0 Å². The molecule has 0 atom stereocenters. The Hall–Kier alpha value is -2.57. The second-order valence-electron chi connectivity index (χ2n) is 6.60. The van der Waals surface area contributed by atoms with E-state index in [9.17, 15) is 18.0 Å². The number of hydrogen-bond acceptors (Lipinski definition) is 3. The van der Waals surface area contributed by atoms with Crippen LogP contribution in [0, 0.1) is 5.92 Å². The third-order valence-corrected chi connectivity index (χ3v) is 4.56. The Morgan fingerprint density at radius 3 is 2.62 bits per heavy atom. The highest BCUT2D eigenvalue weighted by molar-refractivity contribution is 6.04. The molecule has 0 spiro atoms. The van der Waals surface area contributed by atoms with Crippen molar-refractivity contribution in [2.75, 3.05) is 23.3 Å². The first kappa shape index (κ1) is 18.2. The lowest BCUT2D eigenvalue weighted by Gasteiger charge is -2.31. The van der Waals surface area contributed by atoms with Crippen LogP contribution in [0.3, 0.4) is 0 Å². The molecule has 1 saturated heterocycles. The van der Waals surface area contributed by atoms with E-state index in [1.54, 1.807) is 18.3 Å². The quantitative estimate of drug-likeness (QED) is 0.868. The van der Waals surface area contributed by atoms with Gasteiger partial charge in [-0.1, -0.05) is 13.0 Å². The second kappa shape index (κ2) is 7.35. The zero-order chi connectivity index (χ0) is 18.7. The van der Waals surface area contributed by atoms with Crippen molar-refractivity contribution in [3.05, 3.63) is 53.7 Å². The standard InChI is InChI=1S/C19H20F3N3O/c1-13-6-9-25(10-7-13)17-11-14(5-8-23-17)18(26)24-16-4-2-3-15(12-16)19(20,21)22/h2-5,8,11-13H,6-7,9-10H2,1H3,(H,24,26). The molecular weight excluding hydrogens is 343 g/mol. The Morgan fingerprint density at radius 1 is 1.19 bits per heavy atom. The highest BCUT2D eigenvalue weighted by atomic mass is 19.4. The van der Waals surface area contributed by atoms with Crippen LogP contribution in [0.4, 0.5) is 24.7 Å². The summed E-state index contributed by atoms with van der Waals surface area (Å²) in [6.07, 6.45) is -0.755. The normalized spacial score (nSPS) is 15.8. The molecule has 26 heavy (non-hydrogen) atoms. The minimum absolute atomic E-state index is 0.106. The maximum Gasteiger partial charge on any atom is 0.416 e. The maximum atomic E-state index is 12.8. The molecule has 1 aromatic heterocycles. The van der Waals surface area contributed by atoms with Crippen LogP contribution < -0.4 is 10.2 Å². The third kappa shape index (κ3) is 4.33. The van der Waals surface area contributed by atoms with Crippen molar-refractivity contribution in [1.82, 2.24) is 4.98 Å². The van der Waals surface area contributed by atoms with Crippen molar-refractivity contribution in [3.63, 3.8) is 0 Å². The number of alkyl halides is 3. The van der Waals surface area contributed by atoms with E-state index in [0.29, 0.717) is 17.3 Å². The number of amides is 1. The Morgan fingerprint density at radius 2 is 1.92 bits per heavy atom. The number of nitrogens with one attached hydrogen (secondary N) is 1. The van der Waals surface area contributed by atoms with Gasteiger partial charge in [-0.2, -0.15) is 13.2 Å². The first-order valence-electron chi connectivity index (χ1n) is 8.52. The number of nitrogens with zero attached hydrogens (tertiary/aromatic N) is 2. The molecule has 2 heterocycles. The van der Waals surface area contributed by atoms with Gasteiger partial charge in [0.05, 0.1) is 5.56 Å². The molecule has 1 amide bonds. The van der Waals surface area contributed by atoms with Crippen molar-refractivity contribution in [1.29, 1.82) is 0 Å². The number of aromatic nitrogens is 1. The largest absolute Gasteiger partial charge is 0.416 e. The van der Waals surface area contributed by atoms with E-state index in [0.717, 1.165) is 38.1 Å². The molecule has 1 N–H and O–H groups in total. The van der Waals surface area contributed by atoms with Gasteiger partial charge in [-0.15, -0.1) is 0 Å². The number of halogens is 3. The van der Waals surface area contributed by atoms with E-state index in [1.807, 2.05) is 0 Å². The van der Waals surface area contributed by atoms with Gasteiger partial charge in [-0.05, 0) is 49.1 Å². The van der Waals surface area contributed by atoms with Crippen LogP contribution >= 0.6 is 0 Å². The lowest BCUT2D eigenvalue weighted by Crippen LogP contribution is -2.33. The van der Waals surface area contributed by atoms with Gasteiger partial charge < -0.3 is 10.2 Å². The van der Waals surface area contributed by atoms with Crippen molar-refractivity contribution in [3.8, 4) is 0 Å². The molecule has 0 aliphatic carbocycles. The summed E-state index contributed by atoms with van der Waals surface area (Å²) in [6.45, 7) is 3.98. The predicted molar refractivity (Wildman–Crippen MR) is 94.2 cm³/mol. The molecule has 0 radical (unpaired) electrons. The Balaban J connectivity index is 1.73. The molecule has 2 aromatic rings.